The van der Waals surface area contributed by atoms with Crippen molar-refractivity contribution in [1.29, 1.82) is 5.26 Å². The van der Waals surface area contributed by atoms with Crippen LogP contribution in [0.2, 0.25) is 0 Å². The first-order valence-corrected chi connectivity index (χ1v) is 5.84. The normalized spacial score (nSPS) is 12.2. The zero-order valence-corrected chi connectivity index (χ0v) is 10.6. The number of hydrogen-bond acceptors (Lipinski definition) is 4. The van der Waals surface area contributed by atoms with Crippen molar-refractivity contribution >= 4 is 5.82 Å². The van der Waals surface area contributed by atoms with Gasteiger partial charge in [0.05, 0.1) is 18.6 Å². The lowest BCUT2D eigenvalue weighted by Crippen LogP contribution is -2.33. The molecule has 17 heavy (non-hydrogen) atoms. The van der Waals surface area contributed by atoms with E-state index in [1.807, 2.05) is 17.0 Å². The minimum absolute atomic E-state index is 0.246. The third-order valence-corrected chi connectivity index (χ3v) is 2.63. The van der Waals surface area contributed by atoms with Gasteiger partial charge in [-0.05, 0) is 26.8 Å². The highest BCUT2D eigenvalue weighted by Gasteiger charge is 2.17. The summed E-state index contributed by atoms with van der Waals surface area (Å²) in [5, 5.41) is 18.4. The summed E-state index contributed by atoms with van der Waals surface area (Å²) in [7, 11) is 0. The number of hydrogen-bond donors (Lipinski definition) is 1. The van der Waals surface area contributed by atoms with Crippen molar-refractivity contribution in [2.75, 3.05) is 11.4 Å². The molecule has 4 heteroatoms. The van der Waals surface area contributed by atoms with Crippen LogP contribution >= 0.6 is 0 Å². The van der Waals surface area contributed by atoms with Crippen molar-refractivity contribution in [2.24, 2.45) is 0 Å². The molecule has 0 saturated carbocycles. The monoisotopic (exact) mass is 233 g/mol. The largest absolute Gasteiger partial charge is 0.389 e. The maximum absolute atomic E-state index is 9.73. The second-order valence-corrected chi connectivity index (χ2v) is 4.29. The van der Waals surface area contributed by atoms with E-state index in [4.69, 9.17) is 5.26 Å². The number of rotatable bonds is 5. The van der Waals surface area contributed by atoms with Crippen LogP contribution in [0.4, 0.5) is 5.82 Å². The molecule has 0 aliphatic rings. The molecule has 0 amide bonds. The van der Waals surface area contributed by atoms with Crippen LogP contribution in [-0.2, 0) is 0 Å². The standard InChI is InChI=1S/C13H19N3O/c1-10(2)16(9-5-7-14)13-12(11(3)17)6-4-8-15-13/h4,6,8,10-11,17H,5,9H2,1-3H3/t11-/m1/s1. The predicted molar refractivity (Wildman–Crippen MR) is 67.6 cm³/mol. The summed E-state index contributed by atoms with van der Waals surface area (Å²) in [5.74, 6) is 0.771. The van der Waals surface area contributed by atoms with E-state index >= 15 is 0 Å². The number of nitriles is 1. The Labute approximate surface area is 103 Å². The number of anilines is 1. The molecule has 0 radical (unpaired) electrons. The van der Waals surface area contributed by atoms with Gasteiger partial charge in [0, 0.05) is 24.3 Å². The van der Waals surface area contributed by atoms with Crippen LogP contribution in [0.15, 0.2) is 18.3 Å². The van der Waals surface area contributed by atoms with Crippen molar-refractivity contribution < 1.29 is 5.11 Å². The van der Waals surface area contributed by atoms with Gasteiger partial charge in [-0.2, -0.15) is 5.26 Å². The van der Waals surface area contributed by atoms with Crippen molar-refractivity contribution in [1.82, 2.24) is 4.98 Å². The first-order chi connectivity index (χ1) is 8.07. The van der Waals surface area contributed by atoms with Gasteiger partial charge in [0.25, 0.3) is 0 Å². The lowest BCUT2D eigenvalue weighted by Gasteiger charge is -2.29. The zero-order valence-electron chi connectivity index (χ0n) is 10.6. The maximum atomic E-state index is 9.73. The molecule has 1 N–H and O–H groups in total. The smallest absolute Gasteiger partial charge is 0.134 e. The molecule has 1 aromatic rings. The SMILES string of the molecule is CC(C)N(CCC#N)c1ncccc1[C@@H](C)O. The van der Waals surface area contributed by atoms with Crippen LogP contribution in [-0.4, -0.2) is 22.7 Å². The fourth-order valence-corrected chi connectivity index (χ4v) is 1.75. The molecule has 1 aromatic heterocycles. The Bertz CT molecular complexity index is 396. The summed E-state index contributed by atoms with van der Waals surface area (Å²) in [5.41, 5.74) is 0.805. The highest BCUT2D eigenvalue weighted by molar-refractivity contribution is 5.48. The van der Waals surface area contributed by atoms with Gasteiger partial charge in [-0.25, -0.2) is 4.98 Å². The molecule has 0 unspecified atom stereocenters. The molecule has 1 heterocycles. The Hall–Kier alpha value is -1.60. The molecule has 4 nitrogen and oxygen atoms in total. The van der Waals surface area contributed by atoms with Crippen LogP contribution in [0.1, 0.15) is 38.9 Å². The van der Waals surface area contributed by atoms with E-state index in [0.29, 0.717) is 13.0 Å². The summed E-state index contributed by atoms with van der Waals surface area (Å²) >= 11 is 0. The third kappa shape index (κ3) is 3.43. The van der Waals surface area contributed by atoms with Gasteiger partial charge in [0.15, 0.2) is 0 Å². The summed E-state index contributed by atoms with van der Waals surface area (Å²) in [6, 6.07) is 6.07. The van der Waals surface area contributed by atoms with Gasteiger partial charge in [0.1, 0.15) is 5.82 Å². The van der Waals surface area contributed by atoms with Gasteiger partial charge in [-0.3, -0.25) is 0 Å². The second kappa shape index (κ2) is 6.21. The molecule has 0 aromatic carbocycles. The first kappa shape index (κ1) is 13.5. The molecule has 92 valence electrons. The summed E-state index contributed by atoms with van der Waals surface area (Å²) in [6.07, 6.45) is 1.61. The second-order valence-electron chi connectivity index (χ2n) is 4.29. The van der Waals surface area contributed by atoms with E-state index in [0.717, 1.165) is 11.4 Å². The number of aromatic nitrogens is 1. The molecule has 0 aliphatic carbocycles. The van der Waals surface area contributed by atoms with E-state index in [1.165, 1.54) is 0 Å². The number of pyridine rings is 1. The van der Waals surface area contributed by atoms with E-state index < -0.39 is 6.10 Å². The van der Waals surface area contributed by atoms with Gasteiger partial charge < -0.3 is 10.0 Å². The van der Waals surface area contributed by atoms with E-state index in [-0.39, 0.29) is 6.04 Å². The van der Waals surface area contributed by atoms with Crippen molar-refractivity contribution in [3.63, 3.8) is 0 Å². The molecule has 0 spiro atoms. The molecule has 1 rings (SSSR count). The molecule has 0 aliphatic heterocycles. The Morgan fingerprint density at radius 3 is 2.71 bits per heavy atom. The number of aliphatic hydroxyl groups is 1. The fraction of sp³-hybridized carbons (Fsp3) is 0.538. The number of aliphatic hydroxyl groups excluding tert-OH is 1. The zero-order chi connectivity index (χ0) is 12.8. The Balaban J connectivity index is 3.05. The van der Waals surface area contributed by atoms with Gasteiger partial charge >= 0.3 is 0 Å². The first-order valence-electron chi connectivity index (χ1n) is 5.84. The van der Waals surface area contributed by atoms with Crippen molar-refractivity contribution in [2.45, 2.75) is 39.3 Å². The summed E-state index contributed by atoms with van der Waals surface area (Å²) in [6.45, 7) is 6.46. The van der Waals surface area contributed by atoms with Crippen LogP contribution in [0.5, 0.6) is 0 Å². The molecular formula is C13H19N3O. The predicted octanol–water partition coefficient (Wildman–Crippen LogP) is 2.26. The van der Waals surface area contributed by atoms with Crippen molar-refractivity contribution in [3.8, 4) is 6.07 Å². The molecule has 0 saturated heterocycles. The average molecular weight is 233 g/mol. The quantitative estimate of drug-likeness (QED) is 0.847. The van der Waals surface area contributed by atoms with Crippen LogP contribution in [0.25, 0.3) is 0 Å². The third-order valence-electron chi connectivity index (χ3n) is 2.63. The van der Waals surface area contributed by atoms with E-state index in [1.54, 1.807) is 13.1 Å². The highest BCUT2D eigenvalue weighted by atomic mass is 16.3. The van der Waals surface area contributed by atoms with Crippen LogP contribution in [0.3, 0.4) is 0 Å². The fourth-order valence-electron chi connectivity index (χ4n) is 1.75. The summed E-state index contributed by atoms with van der Waals surface area (Å²) in [4.78, 5) is 6.38. The molecular weight excluding hydrogens is 214 g/mol. The Morgan fingerprint density at radius 2 is 2.18 bits per heavy atom. The lowest BCUT2D eigenvalue weighted by molar-refractivity contribution is 0.199. The minimum atomic E-state index is -0.554. The molecule has 0 bridgehead atoms. The van der Waals surface area contributed by atoms with Gasteiger partial charge in [-0.15, -0.1) is 0 Å². The molecule has 0 fully saturated rings. The highest BCUT2D eigenvalue weighted by Crippen LogP contribution is 2.25. The average Bonchev–Trinajstić information content (AvgIpc) is 2.29. The van der Waals surface area contributed by atoms with E-state index in [9.17, 15) is 5.11 Å². The van der Waals surface area contributed by atoms with Gasteiger partial charge in [-0.1, -0.05) is 6.07 Å². The summed E-state index contributed by atoms with van der Waals surface area (Å²) < 4.78 is 0. The number of nitrogens with zero attached hydrogens (tertiary/aromatic N) is 3. The maximum Gasteiger partial charge on any atom is 0.134 e. The van der Waals surface area contributed by atoms with E-state index in [2.05, 4.69) is 24.9 Å². The van der Waals surface area contributed by atoms with Crippen LogP contribution in [0, 0.1) is 11.3 Å². The van der Waals surface area contributed by atoms with Crippen LogP contribution < -0.4 is 4.90 Å². The minimum Gasteiger partial charge on any atom is -0.389 e. The molecule has 1 atom stereocenters. The Kier molecular flexibility index (Phi) is 4.92. The topological polar surface area (TPSA) is 60.2 Å². The van der Waals surface area contributed by atoms with Gasteiger partial charge in [0.2, 0.25) is 0 Å². The Morgan fingerprint density at radius 1 is 1.47 bits per heavy atom. The lowest BCUT2D eigenvalue weighted by atomic mass is 10.1. The van der Waals surface area contributed by atoms with Crippen molar-refractivity contribution in [3.05, 3.63) is 23.9 Å².